The van der Waals surface area contributed by atoms with Gasteiger partial charge in [0.25, 0.3) is 0 Å². The monoisotopic (exact) mass is 274 g/mol. The quantitative estimate of drug-likeness (QED) is 0.696. The predicted molar refractivity (Wildman–Crippen MR) is 67.3 cm³/mol. The molecule has 0 spiro atoms. The molecule has 0 aromatic carbocycles. The van der Waals surface area contributed by atoms with Crippen LogP contribution in [0.3, 0.4) is 0 Å². The van der Waals surface area contributed by atoms with Crippen molar-refractivity contribution in [1.82, 2.24) is 0 Å². The summed E-state index contributed by atoms with van der Waals surface area (Å²) in [6, 6.07) is -0.685. The van der Waals surface area contributed by atoms with Gasteiger partial charge in [-0.1, -0.05) is 0 Å². The molecule has 7 heteroatoms. The first kappa shape index (κ1) is 13.3. The van der Waals surface area contributed by atoms with Crippen molar-refractivity contribution in [2.45, 2.75) is 20.3 Å². The Morgan fingerprint density at radius 1 is 1.21 bits per heavy atom. The maximum atomic E-state index is 12.3. The van der Waals surface area contributed by atoms with Crippen LogP contribution in [-0.2, 0) is 13.6 Å². The lowest BCUT2D eigenvalue weighted by molar-refractivity contribution is 0.236. The van der Waals surface area contributed by atoms with Gasteiger partial charge in [0, 0.05) is 0 Å². The zero-order valence-electron chi connectivity index (χ0n) is 8.47. The van der Waals surface area contributed by atoms with E-state index < -0.39 is 13.3 Å². The van der Waals surface area contributed by atoms with Crippen LogP contribution in [0.15, 0.2) is 0 Å². The van der Waals surface area contributed by atoms with Gasteiger partial charge in [-0.25, -0.2) is 0 Å². The molecule has 0 bridgehead atoms. The SMILES string of the molecule is CCOP(=O)(OCC)P1SCCCS1. The fourth-order valence-corrected chi connectivity index (χ4v) is 15.1. The van der Waals surface area contributed by atoms with E-state index in [-0.39, 0.29) is 0 Å². The van der Waals surface area contributed by atoms with Gasteiger partial charge >= 0.3 is 7.28 Å². The Bertz CT molecular complexity index is 199. The number of hydrogen-bond donors (Lipinski definition) is 0. The van der Waals surface area contributed by atoms with E-state index in [2.05, 4.69) is 0 Å². The molecule has 0 N–H and O–H groups in total. The minimum atomic E-state index is -2.80. The normalized spacial score (nSPS) is 19.9. The summed E-state index contributed by atoms with van der Waals surface area (Å²) in [5.41, 5.74) is 0. The van der Waals surface area contributed by atoms with E-state index in [4.69, 9.17) is 9.05 Å². The van der Waals surface area contributed by atoms with Crippen LogP contribution in [0.25, 0.3) is 0 Å². The second-order valence-corrected chi connectivity index (χ2v) is 14.6. The summed E-state index contributed by atoms with van der Waals surface area (Å²) >= 11 is 3.53. The molecule has 1 saturated heterocycles. The molecule has 0 radical (unpaired) electrons. The fraction of sp³-hybridized carbons (Fsp3) is 1.00. The molecule has 84 valence electrons. The molecule has 0 aliphatic carbocycles. The third-order valence-corrected chi connectivity index (χ3v) is 16.3. The van der Waals surface area contributed by atoms with Gasteiger partial charge in [0.2, 0.25) is 0 Å². The minimum absolute atomic E-state index is 0.469. The third-order valence-electron chi connectivity index (χ3n) is 1.48. The summed E-state index contributed by atoms with van der Waals surface area (Å²) in [7, 11) is -2.80. The maximum absolute atomic E-state index is 12.3. The third kappa shape index (κ3) is 3.70. The highest BCUT2D eigenvalue weighted by Crippen LogP contribution is 2.89. The highest BCUT2D eigenvalue weighted by Gasteiger charge is 2.38. The average Bonchev–Trinajstić information content (AvgIpc) is 2.20. The smallest absolute Gasteiger partial charge is 0.305 e. The van der Waals surface area contributed by atoms with Gasteiger partial charge in [0.05, 0.1) is 13.2 Å². The Morgan fingerprint density at radius 3 is 2.14 bits per heavy atom. The van der Waals surface area contributed by atoms with Gasteiger partial charge in [-0.15, -0.1) is 22.8 Å². The van der Waals surface area contributed by atoms with E-state index in [1.54, 1.807) is 22.8 Å². The molecule has 14 heavy (non-hydrogen) atoms. The van der Waals surface area contributed by atoms with Crippen molar-refractivity contribution in [3.63, 3.8) is 0 Å². The lowest BCUT2D eigenvalue weighted by Crippen LogP contribution is -1.96. The first-order valence-electron chi connectivity index (χ1n) is 4.68. The Kier molecular flexibility index (Phi) is 6.46. The van der Waals surface area contributed by atoms with Gasteiger partial charge < -0.3 is 9.05 Å². The van der Waals surface area contributed by atoms with Crippen molar-refractivity contribution in [3.05, 3.63) is 0 Å². The molecule has 0 saturated carbocycles. The van der Waals surface area contributed by atoms with Crippen LogP contribution in [0.5, 0.6) is 0 Å². The number of rotatable bonds is 5. The van der Waals surface area contributed by atoms with Crippen molar-refractivity contribution in [2.75, 3.05) is 24.7 Å². The summed E-state index contributed by atoms with van der Waals surface area (Å²) < 4.78 is 23.0. The highest BCUT2D eigenvalue weighted by molar-refractivity contribution is 9.04. The first-order chi connectivity index (χ1) is 6.73. The molecular weight excluding hydrogens is 258 g/mol. The Morgan fingerprint density at radius 2 is 1.71 bits per heavy atom. The van der Waals surface area contributed by atoms with Crippen LogP contribution in [0.1, 0.15) is 20.3 Å². The molecule has 3 nitrogen and oxygen atoms in total. The Labute approximate surface area is 94.8 Å². The molecule has 0 aromatic heterocycles. The molecule has 1 rings (SSSR count). The highest BCUT2D eigenvalue weighted by atomic mass is 33.2. The zero-order chi connectivity index (χ0) is 10.4. The van der Waals surface area contributed by atoms with Crippen molar-refractivity contribution in [2.24, 2.45) is 0 Å². The summed E-state index contributed by atoms with van der Waals surface area (Å²) in [6.07, 6.45) is 1.20. The van der Waals surface area contributed by atoms with Crippen LogP contribution in [0, 0.1) is 0 Å². The van der Waals surface area contributed by atoms with Gasteiger partial charge in [-0.05, 0) is 31.8 Å². The summed E-state index contributed by atoms with van der Waals surface area (Å²) in [5, 5.41) is 0. The first-order valence-corrected chi connectivity index (χ1v) is 11.5. The number of hydrogen-bond acceptors (Lipinski definition) is 5. The largest absolute Gasteiger partial charge is 0.370 e. The second-order valence-electron chi connectivity index (χ2n) is 2.56. The lowest BCUT2D eigenvalue weighted by Gasteiger charge is -2.27. The Balaban J connectivity index is 2.59. The topological polar surface area (TPSA) is 35.5 Å². The van der Waals surface area contributed by atoms with E-state index in [0.29, 0.717) is 13.2 Å². The van der Waals surface area contributed by atoms with Gasteiger partial charge in [-0.3, -0.25) is 4.57 Å². The molecule has 1 heterocycles. The van der Waals surface area contributed by atoms with Crippen LogP contribution in [0.4, 0.5) is 0 Å². The van der Waals surface area contributed by atoms with E-state index >= 15 is 0 Å². The lowest BCUT2D eigenvalue weighted by atomic mass is 10.6. The van der Waals surface area contributed by atoms with Crippen LogP contribution >= 0.6 is 36.1 Å². The van der Waals surface area contributed by atoms with Crippen molar-refractivity contribution in [1.29, 1.82) is 0 Å². The second kappa shape index (κ2) is 6.78. The molecule has 1 aliphatic rings. The standard InChI is InChI=1S/C7H16O3P2S2/c1-3-9-12(8,10-4-2)11-13-6-5-7-14-11/h3-7H2,1-2H3. The molecule has 1 fully saturated rings. The average molecular weight is 274 g/mol. The van der Waals surface area contributed by atoms with Gasteiger partial charge in [-0.2, -0.15) is 0 Å². The van der Waals surface area contributed by atoms with Gasteiger partial charge in [0.15, 0.2) is 0 Å². The van der Waals surface area contributed by atoms with E-state index in [9.17, 15) is 4.57 Å². The van der Waals surface area contributed by atoms with Crippen molar-refractivity contribution < 1.29 is 13.6 Å². The molecule has 0 atom stereocenters. The molecular formula is C7H16O3P2S2. The van der Waals surface area contributed by atoms with Crippen LogP contribution in [-0.4, -0.2) is 24.7 Å². The van der Waals surface area contributed by atoms with Crippen molar-refractivity contribution >= 4 is 36.1 Å². The van der Waals surface area contributed by atoms with Gasteiger partial charge in [0.1, 0.15) is 6.01 Å². The molecule has 0 aromatic rings. The summed E-state index contributed by atoms with van der Waals surface area (Å²) in [5.74, 6) is 2.17. The molecule has 1 aliphatic heterocycles. The van der Waals surface area contributed by atoms with E-state index in [1.165, 1.54) is 6.42 Å². The Hall–Kier alpha value is 1.28. The van der Waals surface area contributed by atoms with Crippen LogP contribution in [0.2, 0.25) is 0 Å². The summed E-state index contributed by atoms with van der Waals surface area (Å²) in [6.45, 7) is 4.66. The van der Waals surface area contributed by atoms with Crippen molar-refractivity contribution in [3.8, 4) is 0 Å². The zero-order valence-corrected chi connectivity index (χ0v) is 11.9. The van der Waals surface area contributed by atoms with E-state index in [0.717, 1.165) is 11.5 Å². The minimum Gasteiger partial charge on any atom is -0.305 e. The fourth-order valence-electron chi connectivity index (χ4n) is 0.981. The van der Waals surface area contributed by atoms with Crippen LogP contribution < -0.4 is 0 Å². The predicted octanol–water partition coefficient (Wildman–Crippen LogP) is 4.35. The molecule has 0 amide bonds. The summed E-state index contributed by atoms with van der Waals surface area (Å²) in [4.78, 5) is 0. The van der Waals surface area contributed by atoms with E-state index in [1.807, 2.05) is 13.8 Å². The molecule has 0 unspecified atom stereocenters. The maximum Gasteiger partial charge on any atom is 0.370 e.